The fourth-order valence-electron chi connectivity index (χ4n) is 1.59. The Kier molecular flexibility index (Phi) is 3.61. The average molecular weight is 289 g/mol. The van der Waals surface area contributed by atoms with E-state index >= 15 is 0 Å². The van der Waals surface area contributed by atoms with E-state index in [-0.39, 0.29) is 16.3 Å². The molecule has 6 nitrogen and oxygen atoms in total. The first-order valence-corrected chi connectivity index (χ1v) is 7.05. The molecule has 0 spiro atoms. The van der Waals surface area contributed by atoms with Crippen LogP contribution in [0.3, 0.4) is 0 Å². The molecule has 2 aromatic rings. The van der Waals surface area contributed by atoms with Gasteiger partial charge in [-0.05, 0) is 36.4 Å². The lowest BCUT2D eigenvalue weighted by Crippen LogP contribution is -2.13. The predicted octanol–water partition coefficient (Wildman–Crippen LogP) is 1.58. The van der Waals surface area contributed by atoms with Crippen LogP contribution in [0.1, 0.15) is 5.56 Å². The van der Waals surface area contributed by atoms with Crippen LogP contribution in [0.25, 0.3) is 0 Å². The minimum absolute atomic E-state index is 0.0526. The molecule has 0 heterocycles. The second-order valence-electron chi connectivity index (χ2n) is 3.99. The van der Waals surface area contributed by atoms with Gasteiger partial charge in [0.25, 0.3) is 0 Å². The lowest BCUT2D eigenvalue weighted by Gasteiger charge is -2.10. The molecule has 102 valence electrons. The Balaban J connectivity index is 2.46. The molecule has 0 unspecified atom stereocenters. The SMILES string of the molecule is N#Cc1cccc(Oc2ccc(N)cc2S(N)(=O)=O)c1. The van der Waals surface area contributed by atoms with Crippen molar-refractivity contribution >= 4 is 15.7 Å². The third kappa shape index (κ3) is 3.06. The number of nitrogen functional groups attached to an aromatic ring is 1. The van der Waals surface area contributed by atoms with E-state index in [9.17, 15) is 8.42 Å². The maximum atomic E-state index is 11.5. The van der Waals surface area contributed by atoms with E-state index in [0.29, 0.717) is 11.3 Å². The molecule has 0 fully saturated rings. The number of sulfonamides is 1. The predicted molar refractivity (Wildman–Crippen MR) is 73.5 cm³/mol. The summed E-state index contributed by atoms with van der Waals surface area (Å²) in [5.41, 5.74) is 6.20. The minimum Gasteiger partial charge on any atom is -0.456 e. The van der Waals surface area contributed by atoms with Gasteiger partial charge in [-0.2, -0.15) is 5.26 Å². The van der Waals surface area contributed by atoms with Crippen LogP contribution in [-0.4, -0.2) is 8.42 Å². The first-order valence-electron chi connectivity index (χ1n) is 5.50. The highest BCUT2D eigenvalue weighted by molar-refractivity contribution is 7.89. The number of benzene rings is 2. The van der Waals surface area contributed by atoms with Crippen LogP contribution < -0.4 is 15.6 Å². The van der Waals surface area contributed by atoms with Crippen molar-refractivity contribution in [3.63, 3.8) is 0 Å². The Morgan fingerprint density at radius 1 is 1.15 bits per heavy atom. The Morgan fingerprint density at radius 3 is 2.55 bits per heavy atom. The quantitative estimate of drug-likeness (QED) is 0.831. The van der Waals surface area contributed by atoms with Gasteiger partial charge in [0.2, 0.25) is 10.0 Å². The van der Waals surface area contributed by atoms with Crippen molar-refractivity contribution in [3.05, 3.63) is 48.0 Å². The molecule has 0 aliphatic carbocycles. The smallest absolute Gasteiger partial charge is 0.241 e. The summed E-state index contributed by atoms with van der Waals surface area (Å²) in [7, 11) is -3.96. The molecule has 4 N–H and O–H groups in total. The van der Waals surface area contributed by atoms with Gasteiger partial charge < -0.3 is 10.5 Å². The molecule has 0 aromatic heterocycles. The van der Waals surface area contributed by atoms with E-state index in [2.05, 4.69) is 0 Å². The molecule has 0 atom stereocenters. The molecule has 7 heteroatoms. The zero-order valence-corrected chi connectivity index (χ0v) is 11.1. The maximum Gasteiger partial charge on any atom is 0.241 e. The van der Waals surface area contributed by atoms with Crippen molar-refractivity contribution in [2.75, 3.05) is 5.73 Å². The van der Waals surface area contributed by atoms with Crippen LogP contribution in [0.5, 0.6) is 11.5 Å². The number of nitrogens with zero attached hydrogens (tertiary/aromatic N) is 1. The third-order valence-corrected chi connectivity index (χ3v) is 3.40. The van der Waals surface area contributed by atoms with Gasteiger partial charge >= 0.3 is 0 Å². The topological polar surface area (TPSA) is 119 Å². The van der Waals surface area contributed by atoms with E-state index in [1.165, 1.54) is 24.3 Å². The first kappa shape index (κ1) is 13.9. The zero-order chi connectivity index (χ0) is 14.8. The lowest BCUT2D eigenvalue weighted by molar-refractivity contribution is 0.467. The number of nitrogens with two attached hydrogens (primary N) is 2. The summed E-state index contributed by atoms with van der Waals surface area (Å²) in [4.78, 5) is -0.208. The molecule has 0 amide bonds. The Hall–Kier alpha value is -2.56. The van der Waals surface area contributed by atoms with Crippen molar-refractivity contribution in [2.45, 2.75) is 4.90 Å². The van der Waals surface area contributed by atoms with Crippen molar-refractivity contribution in [3.8, 4) is 17.6 Å². The summed E-state index contributed by atoms with van der Waals surface area (Å²) in [6.07, 6.45) is 0. The molecule has 0 aliphatic heterocycles. The highest BCUT2D eigenvalue weighted by Gasteiger charge is 2.16. The van der Waals surface area contributed by atoms with Gasteiger partial charge in [-0.25, -0.2) is 13.6 Å². The summed E-state index contributed by atoms with van der Waals surface area (Å²) < 4.78 is 28.5. The Labute approximate surface area is 116 Å². The van der Waals surface area contributed by atoms with Crippen molar-refractivity contribution in [1.29, 1.82) is 5.26 Å². The van der Waals surface area contributed by atoms with E-state index in [4.69, 9.17) is 20.9 Å². The fraction of sp³-hybridized carbons (Fsp3) is 0. The fourth-order valence-corrected chi connectivity index (χ4v) is 2.28. The summed E-state index contributed by atoms with van der Waals surface area (Å²) in [5, 5.41) is 13.9. The van der Waals surface area contributed by atoms with E-state index in [1.807, 2.05) is 6.07 Å². The van der Waals surface area contributed by atoms with Crippen LogP contribution in [0, 0.1) is 11.3 Å². The van der Waals surface area contributed by atoms with Gasteiger partial charge in [0.15, 0.2) is 0 Å². The number of hydrogen-bond acceptors (Lipinski definition) is 5. The van der Waals surface area contributed by atoms with Crippen LogP contribution in [0.2, 0.25) is 0 Å². The normalized spacial score (nSPS) is 10.8. The van der Waals surface area contributed by atoms with E-state index in [0.717, 1.165) is 0 Å². The molecule has 20 heavy (non-hydrogen) atoms. The lowest BCUT2D eigenvalue weighted by atomic mass is 10.2. The highest BCUT2D eigenvalue weighted by atomic mass is 32.2. The second kappa shape index (κ2) is 5.21. The van der Waals surface area contributed by atoms with Crippen molar-refractivity contribution < 1.29 is 13.2 Å². The molecule has 2 rings (SSSR count). The number of nitriles is 1. The van der Waals surface area contributed by atoms with Gasteiger partial charge in [-0.3, -0.25) is 0 Å². The second-order valence-corrected chi connectivity index (χ2v) is 5.52. The standard InChI is InChI=1S/C13H11N3O3S/c14-8-9-2-1-3-11(6-9)19-12-5-4-10(15)7-13(12)20(16,17)18/h1-7H,15H2,(H2,16,17,18). The zero-order valence-electron chi connectivity index (χ0n) is 10.3. The van der Waals surface area contributed by atoms with E-state index in [1.54, 1.807) is 18.2 Å². The van der Waals surface area contributed by atoms with Crippen LogP contribution in [0.4, 0.5) is 5.69 Å². The molecule has 0 saturated carbocycles. The van der Waals surface area contributed by atoms with Gasteiger partial charge in [-0.15, -0.1) is 0 Å². The summed E-state index contributed by atoms with van der Waals surface area (Å²) >= 11 is 0. The number of anilines is 1. The first-order chi connectivity index (χ1) is 9.40. The molecule has 0 saturated heterocycles. The number of ether oxygens (including phenoxy) is 1. The summed E-state index contributed by atoms with van der Waals surface area (Å²) in [6.45, 7) is 0. The van der Waals surface area contributed by atoms with Gasteiger partial charge in [-0.1, -0.05) is 6.07 Å². The third-order valence-electron chi connectivity index (χ3n) is 2.47. The molecular formula is C13H11N3O3S. The van der Waals surface area contributed by atoms with Crippen LogP contribution >= 0.6 is 0 Å². The molecule has 0 aliphatic rings. The van der Waals surface area contributed by atoms with Gasteiger partial charge in [0.1, 0.15) is 16.4 Å². The van der Waals surface area contributed by atoms with Crippen LogP contribution in [-0.2, 0) is 10.0 Å². The molecule has 2 aromatic carbocycles. The largest absolute Gasteiger partial charge is 0.456 e. The Morgan fingerprint density at radius 2 is 1.90 bits per heavy atom. The average Bonchev–Trinajstić information content (AvgIpc) is 2.40. The Bertz CT molecular complexity index is 795. The molecular weight excluding hydrogens is 278 g/mol. The minimum atomic E-state index is -3.96. The number of hydrogen-bond donors (Lipinski definition) is 2. The van der Waals surface area contributed by atoms with Crippen molar-refractivity contribution in [1.82, 2.24) is 0 Å². The maximum absolute atomic E-state index is 11.5. The molecule has 0 bridgehead atoms. The van der Waals surface area contributed by atoms with Crippen LogP contribution in [0.15, 0.2) is 47.4 Å². The monoisotopic (exact) mass is 289 g/mol. The summed E-state index contributed by atoms with van der Waals surface area (Å²) in [6, 6.07) is 12.4. The van der Waals surface area contributed by atoms with Gasteiger partial charge in [0, 0.05) is 5.69 Å². The molecule has 0 radical (unpaired) electrons. The summed E-state index contributed by atoms with van der Waals surface area (Å²) in [5.74, 6) is 0.385. The highest BCUT2D eigenvalue weighted by Crippen LogP contribution is 2.30. The van der Waals surface area contributed by atoms with Crippen molar-refractivity contribution in [2.24, 2.45) is 5.14 Å². The number of primary sulfonamides is 1. The van der Waals surface area contributed by atoms with E-state index < -0.39 is 10.0 Å². The van der Waals surface area contributed by atoms with Gasteiger partial charge in [0.05, 0.1) is 11.6 Å². The number of rotatable bonds is 3.